The number of nitrogens with zero attached hydrogens (tertiary/aromatic N) is 4. The average molecular weight is 497 g/mol. The highest BCUT2D eigenvalue weighted by atomic mass is 79.9. The molecule has 1 fully saturated rings. The van der Waals surface area contributed by atoms with Crippen LogP contribution in [-0.2, 0) is 7.05 Å². The summed E-state index contributed by atoms with van der Waals surface area (Å²) in [5, 5.41) is 9.69. The summed E-state index contributed by atoms with van der Waals surface area (Å²) in [7, 11) is 2.02. The van der Waals surface area contributed by atoms with Crippen LogP contribution in [0, 0.1) is 0 Å². The van der Waals surface area contributed by atoms with Crippen LogP contribution in [0.25, 0.3) is 11.4 Å². The normalized spacial score (nSPS) is 20.2. The maximum Gasteiger partial charge on any atom is 0.191 e. The maximum absolute atomic E-state index is 6.08. The minimum absolute atomic E-state index is 0.420. The SMILES string of the molecule is C=C(CSc1nnc(-c2ccccc2)n1C)CN1CCC2c3cc(Br)ccc3OCC21. The van der Waals surface area contributed by atoms with E-state index in [0.29, 0.717) is 12.0 Å². The van der Waals surface area contributed by atoms with Crippen molar-refractivity contribution in [3.8, 4) is 17.1 Å². The molecule has 5 nitrogen and oxygen atoms in total. The maximum atomic E-state index is 6.08. The minimum Gasteiger partial charge on any atom is -0.492 e. The van der Waals surface area contributed by atoms with Crippen molar-refractivity contribution in [2.24, 2.45) is 7.05 Å². The first-order valence-electron chi connectivity index (χ1n) is 10.5. The van der Waals surface area contributed by atoms with Gasteiger partial charge in [-0.3, -0.25) is 4.90 Å². The van der Waals surface area contributed by atoms with E-state index in [0.717, 1.165) is 52.2 Å². The Bertz CT molecular complexity index is 1100. The number of aromatic nitrogens is 3. The van der Waals surface area contributed by atoms with E-state index in [1.165, 1.54) is 17.6 Å². The van der Waals surface area contributed by atoms with Gasteiger partial charge in [0.25, 0.3) is 0 Å². The first kappa shape index (κ1) is 20.8. The molecule has 7 heteroatoms. The van der Waals surface area contributed by atoms with Gasteiger partial charge in [-0.25, -0.2) is 0 Å². The minimum atomic E-state index is 0.420. The van der Waals surface area contributed by atoms with E-state index in [9.17, 15) is 0 Å². The highest BCUT2D eigenvalue weighted by molar-refractivity contribution is 9.10. The molecular weight excluding hydrogens is 472 g/mol. The number of rotatable bonds is 6. The van der Waals surface area contributed by atoms with Crippen LogP contribution in [0.1, 0.15) is 17.9 Å². The molecule has 0 spiro atoms. The Hall–Kier alpha value is -2.09. The second-order valence-corrected chi connectivity index (χ2v) is 10.1. The Morgan fingerprint density at radius 2 is 2.06 bits per heavy atom. The number of benzene rings is 2. The van der Waals surface area contributed by atoms with E-state index in [2.05, 4.69) is 72.5 Å². The van der Waals surface area contributed by atoms with Gasteiger partial charge in [-0.2, -0.15) is 0 Å². The van der Waals surface area contributed by atoms with Gasteiger partial charge in [0.05, 0.1) is 6.04 Å². The molecule has 31 heavy (non-hydrogen) atoms. The number of ether oxygens (including phenoxy) is 1. The van der Waals surface area contributed by atoms with Crippen molar-refractivity contribution in [1.29, 1.82) is 0 Å². The van der Waals surface area contributed by atoms with Crippen molar-refractivity contribution in [2.75, 3.05) is 25.4 Å². The van der Waals surface area contributed by atoms with E-state index >= 15 is 0 Å². The van der Waals surface area contributed by atoms with Crippen LogP contribution < -0.4 is 4.74 Å². The number of hydrogen-bond acceptors (Lipinski definition) is 5. The van der Waals surface area contributed by atoms with Crippen LogP contribution in [0.4, 0.5) is 0 Å². The van der Waals surface area contributed by atoms with Crippen LogP contribution in [0.2, 0.25) is 0 Å². The molecule has 3 aromatic rings. The van der Waals surface area contributed by atoms with Crippen LogP contribution in [0.15, 0.2) is 70.3 Å². The third-order valence-electron chi connectivity index (χ3n) is 6.14. The molecular formula is C24H25BrN4OS. The van der Waals surface area contributed by atoms with Gasteiger partial charge in [0.1, 0.15) is 12.4 Å². The molecule has 3 heterocycles. The lowest BCUT2D eigenvalue weighted by Gasteiger charge is -2.33. The fourth-order valence-electron chi connectivity index (χ4n) is 4.59. The lowest BCUT2D eigenvalue weighted by atomic mass is 9.89. The number of likely N-dealkylation sites (tertiary alicyclic amines) is 1. The zero-order valence-corrected chi connectivity index (χ0v) is 19.9. The zero-order valence-electron chi connectivity index (χ0n) is 17.5. The summed E-state index contributed by atoms with van der Waals surface area (Å²) >= 11 is 5.31. The molecule has 2 atom stereocenters. The largest absolute Gasteiger partial charge is 0.492 e. The van der Waals surface area contributed by atoms with Crippen molar-refractivity contribution < 1.29 is 4.74 Å². The van der Waals surface area contributed by atoms with Gasteiger partial charge in [-0.05, 0) is 31.2 Å². The smallest absolute Gasteiger partial charge is 0.191 e. The lowest BCUT2D eigenvalue weighted by molar-refractivity contribution is 0.155. The van der Waals surface area contributed by atoms with E-state index < -0.39 is 0 Å². The fraction of sp³-hybridized carbons (Fsp3) is 0.333. The highest BCUT2D eigenvalue weighted by Crippen LogP contribution is 2.43. The lowest BCUT2D eigenvalue weighted by Crippen LogP contribution is -2.40. The Kier molecular flexibility index (Phi) is 5.91. The monoisotopic (exact) mass is 496 g/mol. The summed E-state index contributed by atoms with van der Waals surface area (Å²) in [5.74, 6) is 3.30. The Morgan fingerprint density at radius 1 is 1.23 bits per heavy atom. The molecule has 0 bridgehead atoms. The number of halogens is 1. The standard InChI is InChI=1S/C24H25BrN4OS/c1-16(15-31-24-27-26-23(28(24)2)17-6-4-3-5-7-17)13-29-11-10-19-20-12-18(25)8-9-22(20)30-14-21(19)29/h3-9,12,19,21H,1,10-11,13-15H2,2H3. The van der Waals surface area contributed by atoms with E-state index in [1.54, 1.807) is 11.8 Å². The van der Waals surface area contributed by atoms with Crippen LogP contribution >= 0.6 is 27.7 Å². The fourth-order valence-corrected chi connectivity index (χ4v) is 5.77. The van der Waals surface area contributed by atoms with Crippen molar-refractivity contribution in [2.45, 2.75) is 23.5 Å². The van der Waals surface area contributed by atoms with Gasteiger partial charge >= 0.3 is 0 Å². The summed E-state index contributed by atoms with van der Waals surface area (Å²) in [5.41, 5.74) is 3.62. The van der Waals surface area contributed by atoms with E-state index in [-0.39, 0.29) is 0 Å². The Labute approximate surface area is 195 Å². The molecule has 0 N–H and O–H groups in total. The van der Waals surface area contributed by atoms with Gasteiger partial charge in [0.15, 0.2) is 11.0 Å². The summed E-state index contributed by atoms with van der Waals surface area (Å²) < 4.78 is 9.25. The van der Waals surface area contributed by atoms with Crippen LogP contribution in [0.5, 0.6) is 5.75 Å². The third-order valence-corrected chi connectivity index (χ3v) is 7.80. The predicted octanol–water partition coefficient (Wildman–Crippen LogP) is 5.14. The molecule has 2 aromatic carbocycles. The highest BCUT2D eigenvalue weighted by Gasteiger charge is 2.39. The summed E-state index contributed by atoms with van der Waals surface area (Å²) in [6.07, 6.45) is 1.17. The zero-order chi connectivity index (χ0) is 21.4. The van der Waals surface area contributed by atoms with Crippen molar-refractivity contribution in [1.82, 2.24) is 19.7 Å². The Balaban J connectivity index is 1.20. The van der Waals surface area contributed by atoms with Gasteiger partial charge in [-0.15, -0.1) is 10.2 Å². The first-order chi connectivity index (χ1) is 15.1. The van der Waals surface area contributed by atoms with Gasteiger partial charge < -0.3 is 9.30 Å². The summed E-state index contributed by atoms with van der Waals surface area (Å²) in [4.78, 5) is 2.53. The quantitative estimate of drug-likeness (QED) is 0.349. The average Bonchev–Trinajstić information content (AvgIpc) is 3.36. The third kappa shape index (κ3) is 4.19. The van der Waals surface area contributed by atoms with E-state index in [4.69, 9.17) is 4.74 Å². The summed E-state index contributed by atoms with van der Waals surface area (Å²) in [6, 6.07) is 17.0. The van der Waals surface area contributed by atoms with Gasteiger partial charge in [-0.1, -0.05) is 70.2 Å². The number of hydrogen-bond donors (Lipinski definition) is 0. The van der Waals surface area contributed by atoms with Crippen LogP contribution in [-0.4, -0.2) is 51.2 Å². The van der Waals surface area contributed by atoms with Gasteiger partial charge in [0, 0.05) is 40.9 Å². The molecule has 0 aliphatic carbocycles. The first-order valence-corrected chi connectivity index (χ1v) is 12.3. The molecule has 0 radical (unpaired) electrons. The molecule has 1 saturated heterocycles. The number of fused-ring (bicyclic) bond motifs is 3. The predicted molar refractivity (Wildman–Crippen MR) is 129 cm³/mol. The summed E-state index contributed by atoms with van der Waals surface area (Å²) in [6.45, 7) is 7.08. The molecule has 2 unspecified atom stereocenters. The molecule has 160 valence electrons. The number of thioether (sulfide) groups is 1. The van der Waals surface area contributed by atoms with Gasteiger partial charge in [0.2, 0.25) is 0 Å². The molecule has 1 aromatic heterocycles. The van der Waals surface area contributed by atoms with Crippen molar-refractivity contribution in [3.05, 3.63) is 70.7 Å². The Morgan fingerprint density at radius 3 is 2.90 bits per heavy atom. The molecule has 0 amide bonds. The molecule has 0 saturated carbocycles. The molecule has 2 aliphatic heterocycles. The van der Waals surface area contributed by atoms with Crippen LogP contribution in [0.3, 0.4) is 0 Å². The molecule has 5 rings (SSSR count). The second-order valence-electron chi connectivity index (χ2n) is 8.20. The molecule has 2 aliphatic rings. The topological polar surface area (TPSA) is 43.2 Å². The van der Waals surface area contributed by atoms with E-state index in [1.807, 2.05) is 25.2 Å². The van der Waals surface area contributed by atoms with Crippen molar-refractivity contribution >= 4 is 27.7 Å². The van der Waals surface area contributed by atoms with Crippen molar-refractivity contribution in [3.63, 3.8) is 0 Å². The second kappa shape index (κ2) is 8.81.